The molecule has 102 valence electrons. The normalized spacial score (nSPS) is 13.6. The first-order valence-corrected chi connectivity index (χ1v) is 6.45. The summed E-state index contributed by atoms with van der Waals surface area (Å²) in [7, 11) is 1.59. The van der Waals surface area contributed by atoms with Gasteiger partial charge in [0.25, 0.3) is 0 Å². The first-order chi connectivity index (χ1) is 8.40. The van der Waals surface area contributed by atoms with E-state index in [1.165, 1.54) is 0 Å². The maximum absolute atomic E-state index is 12.3. The third-order valence-electron chi connectivity index (χ3n) is 2.91. The fourth-order valence-corrected chi connectivity index (χ4v) is 2.17. The van der Waals surface area contributed by atoms with E-state index in [0.29, 0.717) is 6.42 Å². The molecule has 0 amide bonds. The van der Waals surface area contributed by atoms with Gasteiger partial charge in [-0.15, -0.1) is 0 Å². The predicted octanol–water partition coefficient (Wildman–Crippen LogP) is 2.47. The number of nitrogens with zero attached hydrogens (tertiary/aromatic N) is 2. The zero-order valence-electron chi connectivity index (χ0n) is 12.1. The molecule has 4 nitrogen and oxygen atoms in total. The number of Topliss-reactive ketones (excluding diaryl/α,β-unsaturated/α-hetero) is 1. The topological polar surface area (TPSA) is 44.1 Å². The molecule has 1 aromatic heterocycles. The Morgan fingerprint density at radius 2 is 2.17 bits per heavy atom. The van der Waals surface area contributed by atoms with Crippen LogP contribution in [0.25, 0.3) is 0 Å². The average Bonchev–Trinajstić information content (AvgIpc) is 2.65. The van der Waals surface area contributed by atoms with E-state index in [2.05, 4.69) is 11.9 Å². The molecule has 1 unspecified atom stereocenters. The number of ketones is 1. The average molecular weight is 252 g/mol. The number of rotatable bonds is 6. The quantitative estimate of drug-likeness (QED) is 0.781. The first-order valence-electron chi connectivity index (χ1n) is 6.45. The number of imidazole rings is 1. The monoisotopic (exact) mass is 252 g/mol. The second-order valence-electron chi connectivity index (χ2n) is 5.66. The molecule has 0 saturated heterocycles. The molecule has 4 heteroatoms. The molecule has 1 heterocycles. The number of carbonyl (C=O) groups is 1. The van der Waals surface area contributed by atoms with Gasteiger partial charge in [-0.25, -0.2) is 4.98 Å². The van der Waals surface area contributed by atoms with Crippen molar-refractivity contribution in [2.24, 2.45) is 5.41 Å². The molecular weight excluding hydrogens is 228 g/mol. The second kappa shape index (κ2) is 6.14. The Hall–Kier alpha value is -1.16. The summed E-state index contributed by atoms with van der Waals surface area (Å²) < 4.78 is 7.37. The van der Waals surface area contributed by atoms with E-state index >= 15 is 0 Å². The Kier molecular flexibility index (Phi) is 5.08. The second-order valence-corrected chi connectivity index (χ2v) is 5.66. The van der Waals surface area contributed by atoms with Gasteiger partial charge in [0.15, 0.2) is 5.78 Å². The zero-order chi connectivity index (χ0) is 13.8. The molecule has 0 aliphatic rings. The SMILES string of the molecule is CCCn1ccnc1CC(=O)C(OC)C(C)(C)C. The van der Waals surface area contributed by atoms with Crippen molar-refractivity contribution < 1.29 is 9.53 Å². The predicted molar refractivity (Wildman–Crippen MR) is 71.5 cm³/mol. The summed E-state index contributed by atoms with van der Waals surface area (Å²) in [6, 6.07) is 0. The minimum atomic E-state index is -0.385. The van der Waals surface area contributed by atoms with Gasteiger partial charge in [0.1, 0.15) is 11.9 Å². The van der Waals surface area contributed by atoms with Crippen molar-refractivity contribution in [3.05, 3.63) is 18.2 Å². The van der Waals surface area contributed by atoms with Crippen molar-refractivity contribution in [1.29, 1.82) is 0 Å². The van der Waals surface area contributed by atoms with E-state index in [4.69, 9.17) is 4.74 Å². The summed E-state index contributed by atoms with van der Waals surface area (Å²) in [4.78, 5) is 16.5. The molecule has 0 aliphatic carbocycles. The number of methoxy groups -OCH3 is 1. The van der Waals surface area contributed by atoms with Crippen LogP contribution >= 0.6 is 0 Å². The third kappa shape index (κ3) is 3.67. The van der Waals surface area contributed by atoms with Gasteiger partial charge in [-0.2, -0.15) is 0 Å². The van der Waals surface area contributed by atoms with Crippen LogP contribution in [-0.4, -0.2) is 28.5 Å². The summed E-state index contributed by atoms with van der Waals surface area (Å²) in [5.41, 5.74) is -0.186. The number of ether oxygens (including phenoxy) is 1. The van der Waals surface area contributed by atoms with Crippen molar-refractivity contribution in [1.82, 2.24) is 9.55 Å². The van der Waals surface area contributed by atoms with Gasteiger partial charge in [0.2, 0.25) is 0 Å². The van der Waals surface area contributed by atoms with Crippen LogP contribution in [0.4, 0.5) is 0 Å². The van der Waals surface area contributed by atoms with Crippen LogP contribution in [0.3, 0.4) is 0 Å². The minimum Gasteiger partial charge on any atom is -0.373 e. The van der Waals surface area contributed by atoms with Crippen LogP contribution in [0.5, 0.6) is 0 Å². The third-order valence-corrected chi connectivity index (χ3v) is 2.91. The van der Waals surface area contributed by atoms with Crippen molar-refractivity contribution in [2.45, 2.75) is 53.2 Å². The van der Waals surface area contributed by atoms with E-state index in [1.807, 2.05) is 31.5 Å². The molecule has 0 radical (unpaired) electrons. The lowest BCUT2D eigenvalue weighted by atomic mass is 9.85. The highest BCUT2D eigenvalue weighted by Gasteiger charge is 2.31. The highest BCUT2D eigenvalue weighted by atomic mass is 16.5. The maximum atomic E-state index is 12.3. The lowest BCUT2D eigenvalue weighted by Gasteiger charge is -2.28. The molecule has 0 aliphatic heterocycles. The number of carbonyl (C=O) groups excluding carboxylic acids is 1. The zero-order valence-corrected chi connectivity index (χ0v) is 12.1. The van der Waals surface area contributed by atoms with Crippen LogP contribution in [0.15, 0.2) is 12.4 Å². The molecule has 0 N–H and O–H groups in total. The number of aryl methyl sites for hydroxylation is 1. The van der Waals surface area contributed by atoms with Gasteiger partial charge in [0.05, 0.1) is 6.42 Å². The number of aromatic nitrogens is 2. The highest BCUT2D eigenvalue weighted by Crippen LogP contribution is 2.23. The van der Waals surface area contributed by atoms with Gasteiger partial charge < -0.3 is 9.30 Å². The summed E-state index contributed by atoms with van der Waals surface area (Å²) in [5, 5.41) is 0. The van der Waals surface area contributed by atoms with Gasteiger partial charge in [-0.05, 0) is 11.8 Å². The molecule has 0 aromatic carbocycles. The molecule has 0 bridgehead atoms. The molecule has 1 rings (SSSR count). The van der Waals surface area contributed by atoms with E-state index in [9.17, 15) is 4.79 Å². The van der Waals surface area contributed by atoms with Gasteiger partial charge in [0, 0.05) is 26.0 Å². The Labute approximate surface area is 109 Å². The fourth-order valence-electron chi connectivity index (χ4n) is 2.17. The number of hydrogen-bond donors (Lipinski definition) is 0. The van der Waals surface area contributed by atoms with Crippen LogP contribution in [-0.2, 0) is 22.5 Å². The summed E-state index contributed by atoms with van der Waals surface area (Å²) in [5.74, 6) is 0.918. The number of hydrogen-bond acceptors (Lipinski definition) is 3. The van der Waals surface area contributed by atoms with E-state index in [1.54, 1.807) is 13.3 Å². The molecule has 18 heavy (non-hydrogen) atoms. The summed E-state index contributed by atoms with van der Waals surface area (Å²) >= 11 is 0. The summed E-state index contributed by atoms with van der Waals surface area (Å²) in [6.45, 7) is 9.04. The lowest BCUT2D eigenvalue weighted by molar-refractivity contribution is -0.134. The first kappa shape index (κ1) is 14.9. The van der Waals surface area contributed by atoms with Crippen molar-refractivity contribution >= 4 is 5.78 Å². The van der Waals surface area contributed by atoms with Crippen LogP contribution in [0, 0.1) is 5.41 Å². The molecule has 0 spiro atoms. The Bertz CT molecular complexity index is 391. The van der Waals surface area contributed by atoms with Gasteiger partial charge in [-0.3, -0.25) is 4.79 Å². The van der Waals surface area contributed by atoms with Crippen LogP contribution in [0.2, 0.25) is 0 Å². The standard InChI is InChI=1S/C14H24N2O2/c1-6-8-16-9-7-15-12(16)10-11(17)13(18-5)14(2,3)4/h7,9,13H,6,8,10H2,1-5H3. The van der Waals surface area contributed by atoms with Crippen molar-refractivity contribution in [3.63, 3.8) is 0 Å². The molecule has 0 saturated carbocycles. The summed E-state index contributed by atoms with van der Waals surface area (Å²) in [6.07, 6.45) is 4.65. The Balaban J connectivity index is 2.77. The Morgan fingerprint density at radius 1 is 1.50 bits per heavy atom. The van der Waals surface area contributed by atoms with Crippen LogP contribution in [0.1, 0.15) is 39.9 Å². The lowest BCUT2D eigenvalue weighted by Crippen LogP contribution is -2.37. The minimum absolute atomic E-state index is 0.0913. The van der Waals surface area contributed by atoms with Crippen LogP contribution < -0.4 is 0 Å². The molecule has 0 fully saturated rings. The van der Waals surface area contributed by atoms with E-state index < -0.39 is 0 Å². The van der Waals surface area contributed by atoms with Crippen molar-refractivity contribution in [2.75, 3.05) is 7.11 Å². The van der Waals surface area contributed by atoms with Crippen molar-refractivity contribution in [3.8, 4) is 0 Å². The van der Waals surface area contributed by atoms with Gasteiger partial charge in [-0.1, -0.05) is 27.7 Å². The molecule has 1 atom stereocenters. The van der Waals surface area contributed by atoms with Gasteiger partial charge >= 0.3 is 0 Å². The molecular formula is C14H24N2O2. The maximum Gasteiger partial charge on any atom is 0.169 e. The molecule has 1 aromatic rings. The smallest absolute Gasteiger partial charge is 0.169 e. The fraction of sp³-hybridized carbons (Fsp3) is 0.714. The van der Waals surface area contributed by atoms with E-state index in [-0.39, 0.29) is 17.3 Å². The highest BCUT2D eigenvalue weighted by molar-refractivity contribution is 5.85. The van der Waals surface area contributed by atoms with E-state index in [0.717, 1.165) is 18.8 Å². The largest absolute Gasteiger partial charge is 0.373 e. The Morgan fingerprint density at radius 3 is 2.67 bits per heavy atom.